The molecule has 0 radical (unpaired) electrons. The molecule has 1 aromatic carbocycles. The van der Waals surface area contributed by atoms with E-state index in [1.165, 1.54) is 11.1 Å². The Labute approximate surface area is 134 Å². The van der Waals surface area contributed by atoms with Gasteiger partial charge in [-0.05, 0) is 36.8 Å². The maximum atomic E-state index is 12.3. The third-order valence-electron chi connectivity index (χ3n) is 5.18. The van der Waals surface area contributed by atoms with Crippen LogP contribution < -0.4 is 0 Å². The molecule has 0 bridgehead atoms. The monoisotopic (exact) mass is 322 g/mol. The molecule has 2 aliphatic heterocycles. The largest absolute Gasteiger partial charge is 0.296 e. The number of rotatable bonds is 4. The van der Waals surface area contributed by atoms with Crippen LogP contribution in [0.5, 0.6) is 0 Å². The number of hydrogen-bond acceptors (Lipinski definition) is 3. The number of nitrogens with zero attached hydrogens (tertiary/aromatic N) is 2. The maximum absolute atomic E-state index is 12.3. The molecule has 1 fully saturated rings. The SMILES string of the molecule is CCCS(=O)(=O)N(C)[C@H]1CCN2CCc3ccccc3[C@H]2C1. The smallest absolute Gasteiger partial charge is 0.214 e. The van der Waals surface area contributed by atoms with Gasteiger partial charge in [-0.3, -0.25) is 4.90 Å². The number of hydrogen-bond donors (Lipinski definition) is 0. The lowest BCUT2D eigenvalue weighted by Crippen LogP contribution is -2.49. The quantitative estimate of drug-likeness (QED) is 0.855. The van der Waals surface area contributed by atoms with Gasteiger partial charge in [0.2, 0.25) is 10.0 Å². The van der Waals surface area contributed by atoms with Gasteiger partial charge in [0.25, 0.3) is 0 Å². The van der Waals surface area contributed by atoms with Crippen LogP contribution in [-0.4, -0.2) is 49.6 Å². The molecule has 0 unspecified atom stereocenters. The number of fused-ring (bicyclic) bond motifs is 3. The molecule has 0 aromatic heterocycles. The molecule has 1 aromatic rings. The van der Waals surface area contributed by atoms with Crippen molar-refractivity contribution in [3.63, 3.8) is 0 Å². The molecule has 0 amide bonds. The molecule has 2 heterocycles. The van der Waals surface area contributed by atoms with Crippen molar-refractivity contribution in [2.24, 2.45) is 0 Å². The lowest BCUT2D eigenvalue weighted by molar-refractivity contribution is 0.0969. The predicted molar refractivity (Wildman–Crippen MR) is 89.3 cm³/mol. The highest BCUT2D eigenvalue weighted by atomic mass is 32.2. The van der Waals surface area contributed by atoms with E-state index in [9.17, 15) is 8.42 Å². The molecular formula is C17H26N2O2S. The second-order valence-electron chi connectivity index (χ2n) is 6.51. The van der Waals surface area contributed by atoms with Crippen molar-refractivity contribution in [1.82, 2.24) is 9.21 Å². The molecule has 5 heteroatoms. The van der Waals surface area contributed by atoms with Gasteiger partial charge in [-0.15, -0.1) is 0 Å². The zero-order chi connectivity index (χ0) is 15.7. The fraction of sp³-hybridized carbons (Fsp3) is 0.647. The van der Waals surface area contributed by atoms with Crippen LogP contribution in [-0.2, 0) is 16.4 Å². The molecule has 122 valence electrons. The minimum atomic E-state index is -3.11. The first-order valence-electron chi connectivity index (χ1n) is 8.30. The summed E-state index contributed by atoms with van der Waals surface area (Å²) in [5.41, 5.74) is 2.84. The molecule has 0 saturated carbocycles. The first-order chi connectivity index (χ1) is 10.5. The van der Waals surface area contributed by atoms with Crippen LogP contribution in [0, 0.1) is 0 Å². The summed E-state index contributed by atoms with van der Waals surface area (Å²) in [6.45, 7) is 4.01. The molecule has 3 rings (SSSR count). The van der Waals surface area contributed by atoms with Crippen LogP contribution >= 0.6 is 0 Å². The minimum absolute atomic E-state index is 0.129. The van der Waals surface area contributed by atoms with Crippen molar-refractivity contribution >= 4 is 10.0 Å². The second kappa shape index (κ2) is 6.30. The van der Waals surface area contributed by atoms with Crippen LogP contribution in [0.15, 0.2) is 24.3 Å². The fourth-order valence-corrected chi connectivity index (χ4v) is 5.35. The normalized spacial score (nSPS) is 25.8. The van der Waals surface area contributed by atoms with Crippen molar-refractivity contribution in [2.45, 2.75) is 44.7 Å². The van der Waals surface area contributed by atoms with Crippen molar-refractivity contribution < 1.29 is 8.42 Å². The fourth-order valence-electron chi connectivity index (χ4n) is 3.90. The molecule has 1 saturated heterocycles. The molecule has 0 N–H and O–H groups in total. The molecule has 2 atom stereocenters. The summed E-state index contributed by atoms with van der Waals surface area (Å²) >= 11 is 0. The molecule has 2 aliphatic rings. The molecule has 22 heavy (non-hydrogen) atoms. The summed E-state index contributed by atoms with van der Waals surface area (Å²) < 4.78 is 26.3. The number of sulfonamides is 1. The maximum Gasteiger partial charge on any atom is 0.214 e. The van der Waals surface area contributed by atoms with E-state index in [2.05, 4.69) is 29.2 Å². The Kier molecular flexibility index (Phi) is 4.57. The zero-order valence-electron chi connectivity index (χ0n) is 13.5. The average molecular weight is 322 g/mol. The first-order valence-corrected chi connectivity index (χ1v) is 9.91. The van der Waals surface area contributed by atoms with Gasteiger partial charge in [0.1, 0.15) is 0 Å². The van der Waals surface area contributed by atoms with Gasteiger partial charge in [-0.25, -0.2) is 12.7 Å². The molecular weight excluding hydrogens is 296 g/mol. The Morgan fingerprint density at radius 2 is 2.05 bits per heavy atom. The van der Waals surface area contributed by atoms with Gasteiger partial charge in [0.15, 0.2) is 0 Å². The Bertz CT molecular complexity index is 629. The molecule has 0 aliphatic carbocycles. The second-order valence-corrected chi connectivity index (χ2v) is 8.66. The van der Waals surface area contributed by atoms with Crippen LogP contribution in [0.3, 0.4) is 0 Å². The van der Waals surface area contributed by atoms with Gasteiger partial charge in [-0.2, -0.15) is 0 Å². The third kappa shape index (κ3) is 2.94. The van der Waals surface area contributed by atoms with Crippen molar-refractivity contribution in [3.8, 4) is 0 Å². The van der Waals surface area contributed by atoms with Crippen LogP contribution in [0.4, 0.5) is 0 Å². The highest BCUT2D eigenvalue weighted by molar-refractivity contribution is 7.89. The van der Waals surface area contributed by atoms with Gasteiger partial charge < -0.3 is 0 Å². The van der Waals surface area contributed by atoms with E-state index in [0.29, 0.717) is 12.5 Å². The summed E-state index contributed by atoms with van der Waals surface area (Å²) in [7, 11) is -1.35. The van der Waals surface area contributed by atoms with Crippen molar-refractivity contribution in [3.05, 3.63) is 35.4 Å². The van der Waals surface area contributed by atoms with Crippen LogP contribution in [0.2, 0.25) is 0 Å². The summed E-state index contributed by atoms with van der Waals surface area (Å²) in [4.78, 5) is 2.53. The predicted octanol–water partition coefficient (Wildman–Crippen LogP) is 2.42. The highest BCUT2D eigenvalue weighted by Crippen LogP contribution is 2.38. The van der Waals surface area contributed by atoms with Gasteiger partial charge >= 0.3 is 0 Å². The Hall–Kier alpha value is -0.910. The molecule has 4 nitrogen and oxygen atoms in total. The standard InChI is InChI=1S/C17H26N2O2S/c1-3-12-22(20,21)18(2)15-9-11-19-10-8-14-6-4-5-7-16(14)17(19)13-15/h4-7,15,17H,3,8-13H2,1-2H3/t15-,17+/m0/s1. The van der Waals surface area contributed by atoms with Gasteiger partial charge in [-0.1, -0.05) is 31.2 Å². The Morgan fingerprint density at radius 1 is 1.27 bits per heavy atom. The summed E-state index contributed by atoms with van der Waals surface area (Å²) in [5, 5.41) is 0. The topological polar surface area (TPSA) is 40.6 Å². The third-order valence-corrected chi connectivity index (χ3v) is 7.28. The van der Waals surface area contributed by atoms with Gasteiger partial charge in [0.05, 0.1) is 5.75 Å². The van der Waals surface area contributed by atoms with E-state index < -0.39 is 10.0 Å². The van der Waals surface area contributed by atoms with E-state index in [1.807, 2.05) is 6.92 Å². The molecule has 0 spiro atoms. The zero-order valence-corrected chi connectivity index (χ0v) is 14.3. The summed E-state index contributed by atoms with van der Waals surface area (Å²) in [5.74, 6) is 0.255. The average Bonchev–Trinajstić information content (AvgIpc) is 2.53. The summed E-state index contributed by atoms with van der Waals surface area (Å²) in [6, 6.07) is 9.14. The number of benzene rings is 1. The van der Waals surface area contributed by atoms with E-state index in [0.717, 1.165) is 32.4 Å². The van der Waals surface area contributed by atoms with Crippen molar-refractivity contribution in [2.75, 3.05) is 25.9 Å². The summed E-state index contributed by atoms with van der Waals surface area (Å²) in [6.07, 6.45) is 3.65. The van der Waals surface area contributed by atoms with Gasteiger partial charge in [0, 0.05) is 32.2 Å². The number of piperidine rings is 1. The van der Waals surface area contributed by atoms with Crippen LogP contribution in [0.1, 0.15) is 43.4 Å². The lowest BCUT2D eigenvalue weighted by atomic mass is 9.85. The first kappa shape index (κ1) is 16.0. The van der Waals surface area contributed by atoms with Crippen LogP contribution in [0.25, 0.3) is 0 Å². The Balaban J connectivity index is 1.80. The van der Waals surface area contributed by atoms with E-state index in [4.69, 9.17) is 0 Å². The van der Waals surface area contributed by atoms with E-state index >= 15 is 0 Å². The minimum Gasteiger partial charge on any atom is -0.296 e. The Morgan fingerprint density at radius 3 is 2.82 bits per heavy atom. The van der Waals surface area contributed by atoms with E-state index in [-0.39, 0.29) is 11.8 Å². The van der Waals surface area contributed by atoms with E-state index in [1.54, 1.807) is 11.4 Å². The van der Waals surface area contributed by atoms with Crippen molar-refractivity contribution in [1.29, 1.82) is 0 Å². The lowest BCUT2D eigenvalue weighted by Gasteiger charge is -2.45. The highest BCUT2D eigenvalue weighted by Gasteiger charge is 2.37.